The third-order valence-corrected chi connectivity index (χ3v) is 6.60. The molecule has 0 saturated carbocycles. The summed E-state index contributed by atoms with van der Waals surface area (Å²) in [5.41, 5.74) is 3.80. The molecule has 0 bridgehead atoms. The second-order valence-corrected chi connectivity index (χ2v) is 8.98. The monoisotopic (exact) mass is 495 g/mol. The first-order valence-corrected chi connectivity index (χ1v) is 11.6. The van der Waals surface area contributed by atoms with Gasteiger partial charge in [-0.25, -0.2) is 13.9 Å². The van der Waals surface area contributed by atoms with Crippen LogP contribution in [0.25, 0.3) is 16.9 Å². The summed E-state index contributed by atoms with van der Waals surface area (Å²) in [6.45, 7) is 5.63. The first-order chi connectivity index (χ1) is 15.5. The zero-order chi connectivity index (χ0) is 22.4. The van der Waals surface area contributed by atoms with E-state index in [4.69, 9.17) is 0 Å². The average molecular weight is 496 g/mol. The fraction of sp³-hybridized carbons (Fsp3) is 0.292. The van der Waals surface area contributed by atoms with Gasteiger partial charge in [0.05, 0.1) is 11.7 Å². The molecular formula is C24H23BrFN5O. The number of carbonyl (C=O) groups excluding carboxylic acids is 1. The van der Waals surface area contributed by atoms with Gasteiger partial charge in [0.1, 0.15) is 11.5 Å². The minimum atomic E-state index is -0.362. The van der Waals surface area contributed by atoms with Crippen molar-refractivity contribution >= 4 is 27.5 Å². The number of hydrogen-bond donors (Lipinski definition) is 0. The van der Waals surface area contributed by atoms with E-state index in [2.05, 4.69) is 49.8 Å². The molecule has 0 fully saturated rings. The van der Waals surface area contributed by atoms with Crippen molar-refractivity contribution in [1.29, 1.82) is 0 Å². The lowest BCUT2D eigenvalue weighted by atomic mass is 10.1. The number of carbonyl (C=O) groups is 1. The molecule has 0 saturated heterocycles. The van der Waals surface area contributed by atoms with Crippen LogP contribution in [-0.2, 0) is 13.0 Å². The Morgan fingerprint density at radius 1 is 1.22 bits per heavy atom. The first kappa shape index (κ1) is 20.9. The summed E-state index contributed by atoms with van der Waals surface area (Å²) in [4.78, 5) is 20.1. The van der Waals surface area contributed by atoms with Crippen LogP contribution in [0.3, 0.4) is 0 Å². The number of halogens is 2. The molecule has 6 nitrogen and oxygen atoms in total. The largest absolute Gasteiger partial charge is 0.350 e. The second kappa shape index (κ2) is 8.16. The molecule has 8 heteroatoms. The molecule has 0 aliphatic carbocycles. The molecule has 0 unspecified atom stereocenters. The SMILES string of the molecule is CCc1cc(C(=O)N2CCCn3cccc3[C@H]2C)nc2cc(-c3ccc(Br)cc3F)nn12. The van der Waals surface area contributed by atoms with Gasteiger partial charge in [0.15, 0.2) is 5.65 Å². The predicted molar refractivity (Wildman–Crippen MR) is 124 cm³/mol. The maximum atomic E-state index is 14.5. The fourth-order valence-corrected chi connectivity index (χ4v) is 4.76. The normalized spacial score (nSPS) is 16.2. The highest BCUT2D eigenvalue weighted by Crippen LogP contribution is 2.28. The second-order valence-electron chi connectivity index (χ2n) is 8.06. The highest BCUT2D eigenvalue weighted by atomic mass is 79.9. The molecule has 1 aliphatic rings. The maximum absolute atomic E-state index is 14.5. The van der Waals surface area contributed by atoms with Gasteiger partial charge >= 0.3 is 0 Å². The van der Waals surface area contributed by atoms with Crippen molar-refractivity contribution in [3.05, 3.63) is 76.0 Å². The summed E-state index contributed by atoms with van der Waals surface area (Å²) >= 11 is 3.29. The Balaban J connectivity index is 1.55. The van der Waals surface area contributed by atoms with E-state index in [9.17, 15) is 9.18 Å². The number of benzene rings is 1. The van der Waals surface area contributed by atoms with Gasteiger partial charge in [0.25, 0.3) is 5.91 Å². The van der Waals surface area contributed by atoms with E-state index in [0.29, 0.717) is 40.0 Å². The molecule has 1 aromatic carbocycles. The fourth-order valence-electron chi connectivity index (χ4n) is 4.43. The van der Waals surface area contributed by atoms with Crippen LogP contribution in [0.15, 0.2) is 53.1 Å². The molecule has 4 aromatic rings. The quantitative estimate of drug-likeness (QED) is 0.389. The summed E-state index contributed by atoms with van der Waals surface area (Å²) < 4.78 is 19.1. The van der Waals surface area contributed by atoms with Crippen molar-refractivity contribution in [2.45, 2.75) is 39.3 Å². The van der Waals surface area contributed by atoms with Crippen LogP contribution >= 0.6 is 15.9 Å². The molecule has 3 aromatic heterocycles. The van der Waals surface area contributed by atoms with E-state index in [1.165, 1.54) is 6.07 Å². The number of aryl methyl sites for hydroxylation is 2. The van der Waals surface area contributed by atoms with Crippen LogP contribution in [0.5, 0.6) is 0 Å². The van der Waals surface area contributed by atoms with Crippen molar-refractivity contribution in [3.8, 4) is 11.3 Å². The third-order valence-electron chi connectivity index (χ3n) is 6.11. The van der Waals surface area contributed by atoms with E-state index in [-0.39, 0.29) is 17.8 Å². The lowest BCUT2D eigenvalue weighted by Gasteiger charge is -2.27. The number of aromatic nitrogens is 4. The molecule has 0 spiro atoms. The van der Waals surface area contributed by atoms with Gasteiger partial charge < -0.3 is 9.47 Å². The van der Waals surface area contributed by atoms with Gasteiger partial charge in [-0.05, 0) is 56.2 Å². The Labute approximate surface area is 193 Å². The summed E-state index contributed by atoms with van der Waals surface area (Å²) in [6.07, 6.45) is 3.62. The van der Waals surface area contributed by atoms with Crippen molar-refractivity contribution < 1.29 is 9.18 Å². The lowest BCUT2D eigenvalue weighted by molar-refractivity contribution is 0.0688. The maximum Gasteiger partial charge on any atom is 0.273 e. The van der Waals surface area contributed by atoms with Crippen molar-refractivity contribution in [1.82, 2.24) is 24.1 Å². The molecular weight excluding hydrogens is 473 g/mol. The number of fused-ring (bicyclic) bond motifs is 2. The summed E-state index contributed by atoms with van der Waals surface area (Å²) in [5.74, 6) is -0.458. The lowest BCUT2D eigenvalue weighted by Crippen LogP contribution is -2.34. The molecule has 0 radical (unpaired) electrons. The number of nitrogens with zero attached hydrogens (tertiary/aromatic N) is 5. The Morgan fingerprint density at radius 2 is 2.06 bits per heavy atom. The zero-order valence-electron chi connectivity index (χ0n) is 17.9. The summed E-state index contributed by atoms with van der Waals surface area (Å²) in [5, 5.41) is 4.58. The first-order valence-electron chi connectivity index (χ1n) is 10.8. The van der Waals surface area contributed by atoms with Crippen LogP contribution in [0.2, 0.25) is 0 Å². The number of hydrogen-bond acceptors (Lipinski definition) is 3. The zero-order valence-corrected chi connectivity index (χ0v) is 19.5. The molecule has 4 heterocycles. The third kappa shape index (κ3) is 3.52. The van der Waals surface area contributed by atoms with Crippen LogP contribution in [-0.4, -0.2) is 36.5 Å². The van der Waals surface area contributed by atoms with Gasteiger partial charge in [0.2, 0.25) is 0 Å². The van der Waals surface area contributed by atoms with Crippen molar-refractivity contribution in [2.75, 3.05) is 6.54 Å². The summed E-state index contributed by atoms with van der Waals surface area (Å²) in [7, 11) is 0. The van der Waals surface area contributed by atoms with Crippen LogP contribution in [0.4, 0.5) is 4.39 Å². The topological polar surface area (TPSA) is 55.4 Å². The minimum Gasteiger partial charge on any atom is -0.350 e. The molecule has 1 amide bonds. The van der Waals surface area contributed by atoms with E-state index in [0.717, 1.165) is 24.4 Å². The Kier molecular flexibility index (Phi) is 5.33. The van der Waals surface area contributed by atoms with E-state index in [1.54, 1.807) is 28.8 Å². The summed E-state index contributed by atoms with van der Waals surface area (Å²) in [6, 6.07) is 12.5. The predicted octanol–water partition coefficient (Wildman–Crippen LogP) is 5.27. The molecule has 164 valence electrons. The highest BCUT2D eigenvalue weighted by molar-refractivity contribution is 9.10. The molecule has 1 atom stereocenters. The van der Waals surface area contributed by atoms with Crippen LogP contribution in [0.1, 0.15) is 48.2 Å². The number of rotatable bonds is 3. The van der Waals surface area contributed by atoms with Crippen molar-refractivity contribution in [2.24, 2.45) is 0 Å². The van der Waals surface area contributed by atoms with Gasteiger partial charge in [-0.3, -0.25) is 4.79 Å². The van der Waals surface area contributed by atoms with Crippen molar-refractivity contribution in [3.63, 3.8) is 0 Å². The standard InChI is InChI=1S/C24H23BrFN5O/c1-3-17-13-21(24(32)30-11-5-10-29-9-4-6-22(29)15(30)2)27-23-14-20(28-31(17)23)18-8-7-16(25)12-19(18)26/h4,6-9,12-15H,3,5,10-11H2,1-2H3/t15-/m1/s1. The Morgan fingerprint density at radius 3 is 2.84 bits per heavy atom. The van der Waals surface area contributed by atoms with Crippen LogP contribution < -0.4 is 0 Å². The van der Waals surface area contributed by atoms with E-state index >= 15 is 0 Å². The molecule has 0 N–H and O–H groups in total. The van der Waals surface area contributed by atoms with E-state index < -0.39 is 0 Å². The minimum absolute atomic E-state index is 0.0413. The highest BCUT2D eigenvalue weighted by Gasteiger charge is 2.28. The molecule has 32 heavy (non-hydrogen) atoms. The van der Waals surface area contributed by atoms with Gasteiger partial charge in [0, 0.05) is 46.8 Å². The Hall–Kier alpha value is -3.00. The Bertz CT molecular complexity index is 1330. The van der Waals surface area contributed by atoms with Gasteiger partial charge in [-0.1, -0.05) is 22.9 Å². The smallest absolute Gasteiger partial charge is 0.273 e. The van der Waals surface area contributed by atoms with Gasteiger partial charge in [-0.15, -0.1) is 0 Å². The number of amides is 1. The molecule has 1 aliphatic heterocycles. The van der Waals surface area contributed by atoms with Crippen LogP contribution in [0, 0.1) is 5.82 Å². The average Bonchev–Trinajstić information content (AvgIpc) is 3.39. The molecule has 5 rings (SSSR count). The van der Waals surface area contributed by atoms with Gasteiger partial charge in [-0.2, -0.15) is 5.10 Å². The van der Waals surface area contributed by atoms with E-state index in [1.807, 2.05) is 17.9 Å².